The molecule has 0 aromatic heterocycles. The molecule has 0 unspecified atom stereocenters. The number of carbonyl (C=O) groups is 3. The summed E-state index contributed by atoms with van der Waals surface area (Å²) in [5.74, 6) is -1.84. The van der Waals surface area contributed by atoms with Crippen molar-refractivity contribution in [2.45, 2.75) is 6.92 Å². The fourth-order valence-electron chi connectivity index (χ4n) is 1.39. The van der Waals surface area contributed by atoms with Crippen LogP contribution < -0.4 is 4.74 Å². The second-order valence-electron chi connectivity index (χ2n) is 4.57. The third-order valence-corrected chi connectivity index (χ3v) is 2.64. The van der Waals surface area contributed by atoms with E-state index < -0.39 is 17.7 Å². The number of hydrogen-bond donors (Lipinski definition) is 0. The molecule has 0 aliphatic rings. The quantitative estimate of drug-likeness (QED) is 0.0923. The van der Waals surface area contributed by atoms with Gasteiger partial charge in [-0.3, -0.25) is 4.79 Å². The van der Waals surface area contributed by atoms with Crippen LogP contribution in [0, 0.1) is 0 Å². The van der Waals surface area contributed by atoms with E-state index in [1.165, 1.54) is 26.2 Å². The van der Waals surface area contributed by atoms with Crippen LogP contribution in [-0.2, 0) is 28.8 Å². The number of esters is 2. The van der Waals surface area contributed by atoms with Crippen molar-refractivity contribution in [1.82, 2.24) is 0 Å². The third-order valence-electron chi connectivity index (χ3n) is 2.64. The highest BCUT2D eigenvalue weighted by Crippen LogP contribution is 2.12. The van der Waals surface area contributed by atoms with Crippen molar-refractivity contribution in [2.24, 2.45) is 0 Å². The summed E-state index contributed by atoms with van der Waals surface area (Å²) in [7, 11) is 1.49. The first-order valence-corrected chi connectivity index (χ1v) is 7.11. The lowest BCUT2D eigenvalue weighted by Crippen LogP contribution is -2.19. The van der Waals surface area contributed by atoms with Gasteiger partial charge in [0, 0.05) is 11.1 Å². The van der Waals surface area contributed by atoms with Gasteiger partial charge in [-0.1, -0.05) is 6.58 Å². The summed E-state index contributed by atoms with van der Waals surface area (Å²) < 4.78 is 14.3. The number of carbonyl (C=O) groups excluding carboxylic acids is 3. The van der Waals surface area contributed by atoms with Crippen molar-refractivity contribution in [3.8, 4) is 5.75 Å². The number of Topliss-reactive ketones (excluding diaryl/α,β-unsaturated/α-hetero) is 1. The molecule has 0 spiro atoms. The average molecular weight is 350 g/mol. The number of methoxy groups -OCH3 is 1. The second kappa shape index (κ2) is 10.6. The number of rotatable bonds is 10. The molecule has 0 N–H and O–H groups in total. The lowest BCUT2D eigenvalue weighted by molar-refractivity contribution is -0.255. The van der Waals surface area contributed by atoms with Gasteiger partial charge in [-0.15, -0.1) is 0 Å². The van der Waals surface area contributed by atoms with E-state index in [4.69, 9.17) is 9.47 Å². The normalized spacial score (nSPS) is 10.2. The minimum Gasteiger partial charge on any atom is -0.497 e. The SMILES string of the molecule is C=C(C)C(=O)O/C=C\OOCCOC(=O)C(=O)c1ccc(OC)cc1. The molecule has 0 aliphatic heterocycles. The van der Waals surface area contributed by atoms with Crippen molar-refractivity contribution < 1.29 is 38.4 Å². The molecule has 0 bridgehead atoms. The maximum absolute atomic E-state index is 11.8. The van der Waals surface area contributed by atoms with E-state index in [2.05, 4.69) is 21.1 Å². The Morgan fingerprint density at radius 2 is 1.72 bits per heavy atom. The highest BCUT2D eigenvalue weighted by atomic mass is 17.2. The van der Waals surface area contributed by atoms with E-state index in [1.807, 2.05) is 0 Å². The molecule has 8 nitrogen and oxygen atoms in total. The Morgan fingerprint density at radius 3 is 2.32 bits per heavy atom. The summed E-state index contributed by atoms with van der Waals surface area (Å²) in [6.45, 7) is 4.57. The molecule has 0 aliphatic carbocycles. The van der Waals surface area contributed by atoms with Gasteiger partial charge >= 0.3 is 11.9 Å². The minimum absolute atomic E-state index is 0.125. The van der Waals surface area contributed by atoms with E-state index >= 15 is 0 Å². The Labute approximate surface area is 144 Å². The van der Waals surface area contributed by atoms with Crippen molar-refractivity contribution in [3.63, 3.8) is 0 Å². The molecular weight excluding hydrogens is 332 g/mol. The van der Waals surface area contributed by atoms with E-state index in [9.17, 15) is 14.4 Å². The van der Waals surface area contributed by atoms with Gasteiger partial charge in [-0.25, -0.2) is 9.59 Å². The zero-order valence-electron chi connectivity index (χ0n) is 13.9. The first-order chi connectivity index (χ1) is 12.0. The predicted molar refractivity (Wildman–Crippen MR) is 85.4 cm³/mol. The Kier molecular flexibility index (Phi) is 8.45. The summed E-state index contributed by atoms with van der Waals surface area (Å²) in [6.07, 6.45) is 1.95. The van der Waals surface area contributed by atoms with Crippen LogP contribution in [0.2, 0.25) is 0 Å². The summed E-state index contributed by atoms with van der Waals surface area (Å²) in [5, 5.41) is 0. The van der Waals surface area contributed by atoms with E-state index in [0.717, 1.165) is 12.5 Å². The number of hydrogen-bond acceptors (Lipinski definition) is 8. The zero-order chi connectivity index (χ0) is 18.7. The van der Waals surface area contributed by atoms with Gasteiger partial charge in [-0.2, -0.15) is 4.89 Å². The lowest BCUT2D eigenvalue weighted by Gasteiger charge is -2.05. The summed E-state index contributed by atoms with van der Waals surface area (Å²) in [4.78, 5) is 43.6. The van der Waals surface area contributed by atoms with Crippen molar-refractivity contribution in [3.05, 3.63) is 54.5 Å². The molecule has 0 amide bonds. The molecule has 25 heavy (non-hydrogen) atoms. The van der Waals surface area contributed by atoms with Crippen molar-refractivity contribution >= 4 is 17.7 Å². The van der Waals surface area contributed by atoms with Crippen LogP contribution in [0.5, 0.6) is 5.75 Å². The minimum atomic E-state index is -1.01. The molecule has 0 saturated carbocycles. The fraction of sp³-hybridized carbons (Fsp3) is 0.235. The van der Waals surface area contributed by atoms with Crippen molar-refractivity contribution in [2.75, 3.05) is 20.3 Å². The van der Waals surface area contributed by atoms with E-state index in [1.54, 1.807) is 12.1 Å². The summed E-state index contributed by atoms with van der Waals surface area (Å²) in [5.41, 5.74) is 0.421. The first-order valence-electron chi connectivity index (χ1n) is 7.11. The summed E-state index contributed by atoms with van der Waals surface area (Å²) in [6, 6.07) is 6.03. The van der Waals surface area contributed by atoms with Gasteiger partial charge in [0.25, 0.3) is 5.78 Å². The van der Waals surface area contributed by atoms with Crippen LogP contribution in [-0.4, -0.2) is 38.0 Å². The molecule has 0 fully saturated rings. The van der Waals surface area contributed by atoms with E-state index in [0.29, 0.717) is 5.75 Å². The Bertz CT molecular complexity index is 645. The van der Waals surface area contributed by atoms with E-state index in [-0.39, 0.29) is 24.4 Å². The van der Waals surface area contributed by atoms with Gasteiger partial charge in [0.2, 0.25) is 0 Å². The molecule has 0 heterocycles. The van der Waals surface area contributed by atoms with Gasteiger partial charge in [0.15, 0.2) is 6.26 Å². The molecule has 134 valence electrons. The van der Waals surface area contributed by atoms with Crippen LogP contribution in [0.25, 0.3) is 0 Å². The van der Waals surface area contributed by atoms with Crippen LogP contribution in [0.3, 0.4) is 0 Å². The molecule has 0 atom stereocenters. The van der Waals surface area contributed by atoms with Crippen LogP contribution in [0.4, 0.5) is 0 Å². The Morgan fingerprint density at radius 1 is 1.04 bits per heavy atom. The monoisotopic (exact) mass is 350 g/mol. The zero-order valence-corrected chi connectivity index (χ0v) is 13.9. The van der Waals surface area contributed by atoms with Crippen molar-refractivity contribution in [1.29, 1.82) is 0 Å². The largest absolute Gasteiger partial charge is 0.497 e. The first kappa shape index (κ1) is 19.9. The Balaban J connectivity index is 2.21. The summed E-state index contributed by atoms with van der Waals surface area (Å²) >= 11 is 0. The van der Waals surface area contributed by atoms with Gasteiger partial charge in [0.05, 0.1) is 7.11 Å². The fourth-order valence-corrected chi connectivity index (χ4v) is 1.39. The highest BCUT2D eigenvalue weighted by Gasteiger charge is 2.17. The number of ketones is 1. The molecule has 1 aromatic carbocycles. The third kappa shape index (κ3) is 7.32. The van der Waals surface area contributed by atoms with Crippen LogP contribution in [0.1, 0.15) is 17.3 Å². The average Bonchev–Trinajstić information content (AvgIpc) is 2.62. The van der Waals surface area contributed by atoms with Gasteiger partial charge in [0.1, 0.15) is 25.2 Å². The molecular formula is C17H18O8. The highest BCUT2D eigenvalue weighted by molar-refractivity contribution is 6.40. The second-order valence-corrected chi connectivity index (χ2v) is 4.57. The topological polar surface area (TPSA) is 97.4 Å². The molecule has 8 heteroatoms. The van der Waals surface area contributed by atoms with Gasteiger partial charge in [-0.05, 0) is 31.2 Å². The number of benzene rings is 1. The number of ether oxygens (including phenoxy) is 3. The Hall–Kier alpha value is -3.13. The predicted octanol–water partition coefficient (Wildman–Crippen LogP) is 1.96. The maximum Gasteiger partial charge on any atom is 0.379 e. The molecule has 1 rings (SSSR count). The molecule has 1 aromatic rings. The standard InChI is InChI=1S/C17H18O8/c1-12(2)16(19)22-8-10-24-25-11-9-23-17(20)15(18)13-4-6-14(21-3)7-5-13/h4-8,10H,1,9,11H2,2-3H3/b10-8-. The lowest BCUT2D eigenvalue weighted by atomic mass is 10.1. The smallest absolute Gasteiger partial charge is 0.379 e. The van der Waals surface area contributed by atoms with Crippen LogP contribution in [0.15, 0.2) is 48.9 Å². The van der Waals surface area contributed by atoms with Gasteiger partial charge < -0.3 is 19.1 Å². The molecule has 0 saturated heterocycles. The maximum atomic E-state index is 11.8. The van der Waals surface area contributed by atoms with Crippen LogP contribution >= 0.6 is 0 Å². The molecule has 0 radical (unpaired) electrons.